The Hall–Kier alpha value is -1.77. The van der Waals surface area contributed by atoms with Gasteiger partial charge in [-0.1, -0.05) is 12.1 Å². The van der Waals surface area contributed by atoms with Crippen molar-refractivity contribution >= 4 is 12.0 Å². The predicted molar refractivity (Wildman–Crippen MR) is 60.5 cm³/mol. The molecule has 0 aliphatic carbocycles. The van der Waals surface area contributed by atoms with Gasteiger partial charge in [-0.15, -0.1) is 0 Å². The molecule has 0 aliphatic heterocycles. The quantitative estimate of drug-likeness (QED) is 0.821. The molecule has 1 aromatic carbocycles. The summed E-state index contributed by atoms with van der Waals surface area (Å²) in [5.74, 6) is 0.742. The van der Waals surface area contributed by atoms with Crippen molar-refractivity contribution in [2.75, 3.05) is 7.11 Å². The topological polar surface area (TPSA) is 38.3 Å². The second-order valence-electron chi connectivity index (χ2n) is 3.29. The highest BCUT2D eigenvalue weighted by Gasteiger charge is 1.95. The van der Waals surface area contributed by atoms with Gasteiger partial charge in [0.05, 0.1) is 7.11 Å². The zero-order valence-corrected chi connectivity index (χ0v) is 9.20. The normalized spacial score (nSPS) is 11.0. The van der Waals surface area contributed by atoms with Gasteiger partial charge in [0.1, 0.15) is 5.75 Å². The summed E-state index contributed by atoms with van der Waals surface area (Å²) in [4.78, 5) is 10.8. The lowest BCUT2D eigenvalue weighted by Gasteiger charge is -2.03. The van der Waals surface area contributed by atoms with E-state index in [0.717, 1.165) is 17.0 Å². The number of hydrogen-bond donors (Lipinski definition) is 1. The minimum absolute atomic E-state index is 0.0633. The Morgan fingerprint density at radius 2 is 2.13 bits per heavy atom. The van der Waals surface area contributed by atoms with Gasteiger partial charge in [0, 0.05) is 12.6 Å². The molecule has 0 heterocycles. The maximum Gasteiger partial charge on any atom is 0.220 e. The molecule has 0 aromatic heterocycles. The standard InChI is InChI=1S/C12H15NO2/c1-9(13-10(2)14)7-11-5-4-6-12(8-11)15-3/h4-8H,1-3H3,(H,13,14)/b9-7+. The molecule has 3 heteroatoms. The van der Waals surface area contributed by atoms with E-state index in [9.17, 15) is 4.79 Å². The van der Waals surface area contributed by atoms with Gasteiger partial charge in [0.15, 0.2) is 0 Å². The molecule has 0 saturated carbocycles. The molecule has 0 radical (unpaired) electrons. The van der Waals surface area contributed by atoms with E-state index in [1.54, 1.807) is 7.11 Å². The van der Waals surface area contributed by atoms with Crippen LogP contribution in [-0.4, -0.2) is 13.0 Å². The number of rotatable bonds is 3. The fourth-order valence-corrected chi connectivity index (χ4v) is 1.30. The van der Waals surface area contributed by atoms with Crippen molar-refractivity contribution in [1.82, 2.24) is 5.32 Å². The second kappa shape index (κ2) is 5.20. The number of methoxy groups -OCH3 is 1. The van der Waals surface area contributed by atoms with E-state index >= 15 is 0 Å². The van der Waals surface area contributed by atoms with Gasteiger partial charge >= 0.3 is 0 Å². The van der Waals surface area contributed by atoms with E-state index in [0.29, 0.717) is 0 Å². The van der Waals surface area contributed by atoms with Crippen molar-refractivity contribution in [2.45, 2.75) is 13.8 Å². The van der Waals surface area contributed by atoms with Crippen LogP contribution in [0.1, 0.15) is 19.4 Å². The Kier molecular flexibility index (Phi) is 3.92. The second-order valence-corrected chi connectivity index (χ2v) is 3.29. The molecule has 0 fully saturated rings. The molecule has 0 bridgehead atoms. The lowest BCUT2D eigenvalue weighted by atomic mass is 10.2. The summed E-state index contributed by atoms with van der Waals surface area (Å²) in [5, 5.41) is 2.71. The van der Waals surface area contributed by atoms with E-state index in [1.165, 1.54) is 6.92 Å². The van der Waals surface area contributed by atoms with E-state index in [-0.39, 0.29) is 5.91 Å². The molecule has 0 aliphatic rings. The van der Waals surface area contributed by atoms with Crippen LogP contribution >= 0.6 is 0 Å². The molecule has 0 spiro atoms. The van der Waals surface area contributed by atoms with Crippen molar-refractivity contribution < 1.29 is 9.53 Å². The number of amides is 1. The summed E-state index contributed by atoms with van der Waals surface area (Å²) < 4.78 is 5.10. The molecule has 1 amide bonds. The number of nitrogens with one attached hydrogen (secondary N) is 1. The Morgan fingerprint density at radius 3 is 2.73 bits per heavy atom. The summed E-state index contributed by atoms with van der Waals surface area (Å²) in [7, 11) is 1.63. The Balaban J connectivity index is 2.82. The molecule has 3 nitrogen and oxygen atoms in total. The Bertz CT molecular complexity index is 383. The largest absolute Gasteiger partial charge is 0.497 e. The maximum atomic E-state index is 10.8. The highest BCUT2D eigenvalue weighted by atomic mass is 16.5. The number of carbonyl (C=O) groups excluding carboxylic acids is 1. The van der Waals surface area contributed by atoms with Crippen molar-refractivity contribution in [1.29, 1.82) is 0 Å². The van der Waals surface area contributed by atoms with Gasteiger partial charge in [-0.05, 0) is 30.7 Å². The number of carbonyl (C=O) groups is 1. The first-order valence-electron chi connectivity index (χ1n) is 4.72. The van der Waals surface area contributed by atoms with Crippen molar-refractivity contribution in [2.24, 2.45) is 0 Å². The molecule has 1 rings (SSSR count). The molecular weight excluding hydrogens is 190 g/mol. The Morgan fingerprint density at radius 1 is 1.40 bits per heavy atom. The minimum atomic E-state index is -0.0633. The molecule has 80 valence electrons. The maximum absolute atomic E-state index is 10.8. The summed E-state index contributed by atoms with van der Waals surface area (Å²) in [6, 6.07) is 7.65. The van der Waals surface area contributed by atoms with E-state index in [2.05, 4.69) is 5.32 Å². The van der Waals surface area contributed by atoms with Crippen LogP contribution in [0, 0.1) is 0 Å². The average molecular weight is 205 g/mol. The van der Waals surface area contributed by atoms with Gasteiger partial charge in [0.2, 0.25) is 5.91 Å². The van der Waals surface area contributed by atoms with Gasteiger partial charge in [0.25, 0.3) is 0 Å². The highest BCUT2D eigenvalue weighted by Crippen LogP contribution is 2.14. The van der Waals surface area contributed by atoms with Gasteiger partial charge in [-0.2, -0.15) is 0 Å². The molecule has 0 atom stereocenters. The first kappa shape index (κ1) is 11.3. The summed E-state index contributed by atoms with van der Waals surface area (Å²) >= 11 is 0. The fraction of sp³-hybridized carbons (Fsp3) is 0.250. The van der Waals surface area contributed by atoms with Gasteiger partial charge < -0.3 is 10.1 Å². The van der Waals surface area contributed by atoms with Crippen LogP contribution in [-0.2, 0) is 4.79 Å². The fourth-order valence-electron chi connectivity index (χ4n) is 1.30. The smallest absolute Gasteiger partial charge is 0.220 e. The van der Waals surface area contributed by atoms with Crippen LogP contribution in [0.15, 0.2) is 30.0 Å². The number of hydrogen-bond acceptors (Lipinski definition) is 2. The lowest BCUT2D eigenvalue weighted by molar-refractivity contribution is -0.118. The zero-order valence-electron chi connectivity index (χ0n) is 9.20. The van der Waals surface area contributed by atoms with E-state index in [1.807, 2.05) is 37.3 Å². The average Bonchev–Trinajstić information content (AvgIpc) is 2.16. The molecule has 0 unspecified atom stereocenters. The summed E-state index contributed by atoms with van der Waals surface area (Å²) in [6.07, 6.45) is 1.89. The third kappa shape index (κ3) is 3.85. The number of benzene rings is 1. The van der Waals surface area contributed by atoms with Crippen LogP contribution in [0.25, 0.3) is 6.08 Å². The van der Waals surface area contributed by atoms with Crippen LogP contribution in [0.5, 0.6) is 5.75 Å². The first-order chi connectivity index (χ1) is 7.11. The monoisotopic (exact) mass is 205 g/mol. The predicted octanol–water partition coefficient (Wildman–Crippen LogP) is 2.19. The number of allylic oxidation sites excluding steroid dienone is 1. The van der Waals surface area contributed by atoms with Gasteiger partial charge in [-0.25, -0.2) is 0 Å². The van der Waals surface area contributed by atoms with Crippen molar-refractivity contribution in [3.05, 3.63) is 35.5 Å². The number of ether oxygens (including phenoxy) is 1. The van der Waals surface area contributed by atoms with Crippen LogP contribution in [0.2, 0.25) is 0 Å². The summed E-state index contributed by atoms with van der Waals surface area (Å²) in [5.41, 5.74) is 1.82. The third-order valence-electron chi connectivity index (χ3n) is 1.85. The van der Waals surface area contributed by atoms with Gasteiger partial charge in [-0.3, -0.25) is 4.79 Å². The van der Waals surface area contributed by atoms with Crippen LogP contribution in [0.4, 0.5) is 0 Å². The van der Waals surface area contributed by atoms with Crippen LogP contribution < -0.4 is 10.1 Å². The first-order valence-corrected chi connectivity index (χ1v) is 4.72. The zero-order chi connectivity index (χ0) is 11.3. The molecule has 0 saturated heterocycles. The molecule has 1 N–H and O–H groups in total. The lowest BCUT2D eigenvalue weighted by Crippen LogP contribution is -2.16. The summed E-state index contributed by atoms with van der Waals surface area (Å²) in [6.45, 7) is 3.34. The molecular formula is C12H15NO2. The minimum Gasteiger partial charge on any atom is -0.497 e. The van der Waals surface area contributed by atoms with E-state index < -0.39 is 0 Å². The van der Waals surface area contributed by atoms with Crippen molar-refractivity contribution in [3.63, 3.8) is 0 Å². The van der Waals surface area contributed by atoms with E-state index in [4.69, 9.17) is 4.74 Å². The molecule has 1 aromatic rings. The van der Waals surface area contributed by atoms with Crippen LogP contribution in [0.3, 0.4) is 0 Å². The Labute approximate surface area is 89.8 Å². The molecule has 15 heavy (non-hydrogen) atoms. The highest BCUT2D eigenvalue weighted by molar-refractivity contribution is 5.76. The van der Waals surface area contributed by atoms with Crippen molar-refractivity contribution in [3.8, 4) is 5.75 Å². The SMILES string of the molecule is COc1cccc(/C=C(\C)NC(C)=O)c1. The third-order valence-corrected chi connectivity index (χ3v) is 1.85.